The summed E-state index contributed by atoms with van der Waals surface area (Å²) in [4.78, 5) is 6.82. The largest absolute Gasteiger partial charge is 0.497 e. The molecule has 19 heavy (non-hydrogen) atoms. The number of ether oxygens (including phenoxy) is 1. The van der Waals surface area contributed by atoms with Crippen molar-refractivity contribution in [2.75, 3.05) is 20.2 Å². The van der Waals surface area contributed by atoms with Crippen LogP contribution in [-0.2, 0) is 5.41 Å². The molecular formula is C15H21N3O. The molecule has 0 radical (unpaired) electrons. The molecular weight excluding hydrogens is 238 g/mol. The lowest BCUT2D eigenvalue weighted by Crippen LogP contribution is -2.45. The Hall–Kier alpha value is -1.60. The van der Waals surface area contributed by atoms with Gasteiger partial charge in [0.15, 0.2) is 0 Å². The zero-order valence-electron chi connectivity index (χ0n) is 11.9. The molecule has 4 heteroatoms. The molecule has 1 aromatic heterocycles. The number of pyridine rings is 1. The maximum Gasteiger partial charge on any atom is 0.122 e. The summed E-state index contributed by atoms with van der Waals surface area (Å²) in [5.74, 6) is 0.769. The highest BCUT2D eigenvalue weighted by atomic mass is 16.5. The number of hydrogen-bond donors (Lipinski definition) is 0. The molecule has 1 aliphatic heterocycles. The fourth-order valence-corrected chi connectivity index (χ4v) is 2.65. The summed E-state index contributed by atoms with van der Waals surface area (Å²) in [6.07, 6.45) is 3.39. The second kappa shape index (κ2) is 5.58. The van der Waals surface area contributed by atoms with Crippen LogP contribution in [0.1, 0.15) is 32.4 Å². The second-order valence-corrected chi connectivity index (χ2v) is 5.40. The average molecular weight is 259 g/mol. The third-order valence-electron chi connectivity index (χ3n) is 4.05. The minimum Gasteiger partial charge on any atom is -0.497 e. The summed E-state index contributed by atoms with van der Waals surface area (Å²) in [6.45, 7) is 6.29. The Morgan fingerprint density at radius 3 is 2.63 bits per heavy atom. The Morgan fingerprint density at radius 2 is 2.11 bits per heavy atom. The fourth-order valence-electron chi connectivity index (χ4n) is 2.65. The summed E-state index contributed by atoms with van der Waals surface area (Å²) in [7, 11) is 1.64. The maximum atomic E-state index is 9.63. The lowest BCUT2D eigenvalue weighted by molar-refractivity contribution is 0.149. The Balaban J connectivity index is 2.23. The number of nitrogens with zero attached hydrogens (tertiary/aromatic N) is 3. The van der Waals surface area contributed by atoms with E-state index < -0.39 is 5.41 Å². The van der Waals surface area contributed by atoms with Crippen molar-refractivity contribution in [2.24, 2.45) is 0 Å². The maximum absolute atomic E-state index is 9.63. The van der Waals surface area contributed by atoms with Crippen LogP contribution in [0.3, 0.4) is 0 Å². The van der Waals surface area contributed by atoms with E-state index in [2.05, 4.69) is 29.8 Å². The van der Waals surface area contributed by atoms with Crippen molar-refractivity contribution in [3.63, 3.8) is 0 Å². The van der Waals surface area contributed by atoms with Crippen molar-refractivity contribution in [2.45, 2.75) is 38.1 Å². The summed E-state index contributed by atoms with van der Waals surface area (Å²) in [5.41, 5.74) is 0.387. The van der Waals surface area contributed by atoms with Gasteiger partial charge in [-0.05, 0) is 32.8 Å². The molecule has 0 unspecified atom stereocenters. The summed E-state index contributed by atoms with van der Waals surface area (Å²) < 4.78 is 5.23. The van der Waals surface area contributed by atoms with E-state index in [1.54, 1.807) is 13.3 Å². The zero-order chi connectivity index (χ0) is 13.9. The third-order valence-corrected chi connectivity index (χ3v) is 4.05. The highest BCUT2D eigenvalue weighted by Crippen LogP contribution is 2.35. The molecule has 0 spiro atoms. The monoisotopic (exact) mass is 259 g/mol. The first-order chi connectivity index (χ1) is 9.11. The van der Waals surface area contributed by atoms with E-state index in [-0.39, 0.29) is 0 Å². The predicted octanol–water partition coefficient (Wildman–Crippen LogP) is 2.36. The van der Waals surface area contributed by atoms with E-state index in [1.165, 1.54) is 0 Å². The minimum absolute atomic E-state index is 0.458. The van der Waals surface area contributed by atoms with Gasteiger partial charge in [0, 0.05) is 31.4 Å². The smallest absolute Gasteiger partial charge is 0.122 e. The van der Waals surface area contributed by atoms with Crippen molar-refractivity contribution in [3.05, 3.63) is 24.0 Å². The molecule has 0 amide bonds. The van der Waals surface area contributed by atoms with Gasteiger partial charge in [0.05, 0.1) is 18.9 Å². The van der Waals surface area contributed by atoms with Gasteiger partial charge in [-0.1, -0.05) is 0 Å². The molecule has 0 bridgehead atoms. The van der Waals surface area contributed by atoms with E-state index in [0.29, 0.717) is 6.04 Å². The van der Waals surface area contributed by atoms with Crippen LogP contribution in [0.15, 0.2) is 18.3 Å². The normalized spacial score (nSPS) is 19.1. The Morgan fingerprint density at radius 1 is 1.42 bits per heavy atom. The van der Waals surface area contributed by atoms with Crippen molar-refractivity contribution in [1.82, 2.24) is 9.88 Å². The van der Waals surface area contributed by atoms with E-state index in [9.17, 15) is 5.26 Å². The highest BCUT2D eigenvalue weighted by molar-refractivity contribution is 5.33. The molecule has 0 aromatic carbocycles. The molecule has 2 rings (SSSR count). The van der Waals surface area contributed by atoms with Gasteiger partial charge < -0.3 is 9.64 Å². The molecule has 1 aromatic rings. The number of aromatic nitrogens is 1. The van der Waals surface area contributed by atoms with Crippen LogP contribution in [0.4, 0.5) is 0 Å². The zero-order valence-corrected chi connectivity index (χ0v) is 11.9. The highest BCUT2D eigenvalue weighted by Gasteiger charge is 2.38. The van der Waals surface area contributed by atoms with Gasteiger partial charge >= 0.3 is 0 Å². The first-order valence-electron chi connectivity index (χ1n) is 6.77. The SMILES string of the molecule is COc1ccnc(C2(C#N)CCN(C(C)C)CC2)c1. The van der Waals surface area contributed by atoms with Crippen molar-refractivity contribution in [3.8, 4) is 11.8 Å². The second-order valence-electron chi connectivity index (χ2n) is 5.40. The van der Waals surface area contributed by atoms with Crippen LogP contribution in [-0.4, -0.2) is 36.1 Å². The molecule has 2 heterocycles. The predicted molar refractivity (Wildman–Crippen MR) is 74.0 cm³/mol. The lowest BCUT2D eigenvalue weighted by Gasteiger charge is -2.38. The number of hydrogen-bond acceptors (Lipinski definition) is 4. The number of nitriles is 1. The molecule has 0 saturated carbocycles. The van der Waals surface area contributed by atoms with Gasteiger partial charge in [0.1, 0.15) is 11.2 Å². The van der Waals surface area contributed by atoms with Crippen molar-refractivity contribution in [1.29, 1.82) is 5.26 Å². The van der Waals surface area contributed by atoms with Gasteiger partial charge in [-0.2, -0.15) is 5.26 Å². The van der Waals surface area contributed by atoms with E-state index >= 15 is 0 Å². The Labute approximate surface area is 115 Å². The van der Waals surface area contributed by atoms with E-state index in [0.717, 1.165) is 37.4 Å². The quantitative estimate of drug-likeness (QED) is 0.836. The molecule has 4 nitrogen and oxygen atoms in total. The molecule has 102 valence electrons. The van der Waals surface area contributed by atoms with Crippen LogP contribution >= 0.6 is 0 Å². The number of piperidine rings is 1. The van der Waals surface area contributed by atoms with Gasteiger partial charge in [-0.25, -0.2) is 0 Å². The van der Waals surface area contributed by atoms with Gasteiger partial charge in [-0.3, -0.25) is 4.98 Å². The first kappa shape index (κ1) is 13.8. The van der Waals surface area contributed by atoms with Crippen molar-refractivity contribution < 1.29 is 4.74 Å². The summed E-state index contributed by atoms with van der Waals surface area (Å²) in [6, 6.07) is 6.75. The molecule has 0 atom stereocenters. The minimum atomic E-state index is -0.458. The van der Waals surface area contributed by atoms with Crippen LogP contribution < -0.4 is 4.74 Å². The third kappa shape index (κ3) is 2.71. The first-order valence-corrected chi connectivity index (χ1v) is 6.77. The standard InChI is InChI=1S/C15H21N3O/c1-12(2)18-8-5-15(11-16,6-9-18)14-10-13(19-3)4-7-17-14/h4,7,10,12H,5-6,8-9H2,1-3H3. The number of methoxy groups -OCH3 is 1. The summed E-state index contributed by atoms with van der Waals surface area (Å²) >= 11 is 0. The number of rotatable bonds is 3. The van der Waals surface area contributed by atoms with Gasteiger partial charge in [0.25, 0.3) is 0 Å². The average Bonchev–Trinajstić information content (AvgIpc) is 2.47. The van der Waals surface area contributed by atoms with Crippen LogP contribution in [0.5, 0.6) is 5.75 Å². The molecule has 1 fully saturated rings. The molecule has 0 aliphatic carbocycles. The van der Waals surface area contributed by atoms with Crippen LogP contribution in [0.2, 0.25) is 0 Å². The lowest BCUT2D eigenvalue weighted by atomic mass is 9.76. The molecule has 0 N–H and O–H groups in total. The summed E-state index contributed by atoms with van der Waals surface area (Å²) in [5, 5.41) is 9.63. The van der Waals surface area contributed by atoms with Gasteiger partial charge in [0.2, 0.25) is 0 Å². The molecule has 1 aliphatic rings. The van der Waals surface area contributed by atoms with Crippen molar-refractivity contribution >= 4 is 0 Å². The Kier molecular flexibility index (Phi) is 4.06. The van der Waals surface area contributed by atoms with Crippen LogP contribution in [0.25, 0.3) is 0 Å². The van der Waals surface area contributed by atoms with E-state index in [1.807, 2.05) is 12.1 Å². The topological polar surface area (TPSA) is 49.1 Å². The molecule has 1 saturated heterocycles. The number of likely N-dealkylation sites (tertiary alicyclic amines) is 1. The van der Waals surface area contributed by atoms with Gasteiger partial charge in [-0.15, -0.1) is 0 Å². The van der Waals surface area contributed by atoms with Crippen LogP contribution in [0, 0.1) is 11.3 Å². The fraction of sp³-hybridized carbons (Fsp3) is 0.600. The van der Waals surface area contributed by atoms with E-state index in [4.69, 9.17) is 4.74 Å². The Bertz CT molecular complexity index is 471.